The monoisotopic (exact) mass is 502 g/mol. The molecule has 1 amide bonds. The Morgan fingerprint density at radius 2 is 1.94 bits per heavy atom. The number of fused-ring (bicyclic) bond motifs is 4. The molecule has 3 saturated heterocycles. The number of hydrogen-bond acceptors (Lipinski definition) is 11. The maximum Gasteiger partial charge on any atom is 0.417 e. The van der Waals surface area contributed by atoms with E-state index >= 15 is 0 Å². The summed E-state index contributed by atoms with van der Waals surface area (Å²) in [6.07, 6.45) is -1.84. The van der Waals surface area contributed by atoms with Crippen LogP contribution in [0.25, 0.3) is 0 Å². The van der Waals surface area contributed by atoms with E-state index in [4.69, 9.17) is 23.7 Å². The Balaban J connectivity index is 1.57. The van der Waals surface area contributed by atoms with Crippen molar-refractivity contribution in [3.05, 3.63) is 17.7 Å². The third-order valence-electron chi connectivity index (χ3n) is 9.46. The highest BCUT2D eigenvalue weighted by molar-refractivity contribution is 6.02. The van der Waals surface area contributed by atoms with Crippen LogP contribution in [0, 0.1) is 11.3 Å². The lowest BCUT2D eigenvalue weighted by Crippen LogP contribution is -2.77. The highest BCUT2D eigenvalue weighted by Crippen LogP contribution is 2.70. The molecular weight excluding hydrogens is 476 g/mol. The Morgan fingerprint density at radius 3 is 2.69 bits per heavy atom. The number of methoxy groups -OCH3 is 2. The van der Waals surface area contributed by atoms with Crippen LogP contribution in [0.5, 0.6) is 11.5 Å². The second-order valence-electron chi connectivity index (χ2n) is 10.4. The van der Waals surface area contributed by atoms with Gasteiger partial charge in [-0.1, -0.05) is 6.07 Å². The van der Waals surface area contributed by atoms with Crippen LogP contribution in [-0.4, -0.2) is 91.2 Å². The molecule has 1 aliphatic carbocycles. The Hall–Kier alpha value is -3.09. The topological polar surface area (TPSA) is 144 Å². The lowest BCUT2D eigenvalue weighted by atomic mass is 9.46. The molecule has 36 heavy (non-hydrogen) atoms. The van der Waals surface area contributed by atoms with Crippen molar-refractivity contribution in [1.29, 1.82) is 0 Å². The van der Waals surface area contributed by atoms with Crippen LogP contribution in [0.1, 0.15) is 24.8 Å². The molecule has 0 unspecified atom stereocenters. The van der Waals surface area contributed by atoms with E-state index in [-0.39, 0.29) is 31.1 Å². The molecule has 6 aliphatic rings. The molecule has 2 spiro atoms. The zero-order valence-corrected chi connectivity index (χ0v) is 19.8. The number of amides is 1. The van der Waals surface area contributed by atoms with Crippen LogP contribution in [-0.2, 0) is 29.2 Å². The standard InChI is InChI=1S/C24H26N2O10/c1-32-20(29)24(31)14-5-6-23-17(27)13(36-19(23)28)9-25-8-7-22(14,18(23)25)11-3-4-12-16(35-10-34-12)15(11)26(24)21(30)33-2/h3-4,13-14,17-18,27,31H,5-10H2,1-2H3/t13-,14-,17-,18-,22+,23-,24+/m1/s1. The Morgan fingerprint density at radius 1 is 1.14 bits per heavy atom. The van der Waals surface area contributed by atoms with Crippen LogP contribution < -0.4 is 14.4 Å². The summed E-state index contributed by atoms with van der Waals surface area (Å²) >= 11 is 0. The van der Waals surface area contributed by atoms with Gasteiger partial charge >= 0.3 is 18.0 Å². The van der Waals surface area contributed by atoms with E-state index in [0.29, 0.717) is 30.8 Å². The molecular formula is C24H26N2O10. The average molecular weight is 502 g/mol. The molecule has 12 nitrogen and oxygen atoms in total. The molecule has 2 bridgehead atoms. The first-order valence-electron chi connectivity index (χ1n) is 12.0. The van der Waals surface area contributed by atoms with Crippen molar-refractivity contribution in [2.45, 2.75) is 48.7 Å². The van der Waals surface area contributed by atoms with E-state index in [1.165, 1.54) is 0 Å². The normalized spacial score (nSPS) is 41.2. The predicted octanol–water partition coefficient (Wildman–Crippen LogP) is -0.128. The Labute approximate surface area is 205 Å². The second kappa shape index (κ2) is 6.81. The van der Waals surface area contributed by atoms with Crippen LogP contribution in [0.2, 0.25) is 0 Å². The summed E-state index contributed by atoms with van der Waals surface area (Å²) in [6, 6.07) is 2.94. The number of anilines is 1. The van der Waals surface area contributed by atoms with Crippen molar-refractivity contribution in [2.75, 3.05) is 39.0 Å². The molecule has 0 aromatic heterocycles. The minimum Gasteiger partial charge on any atom is -0.465 e. The third-order valence-corrected chi connectivity index (χ3v) is 9.46. The molecule has 192 valence electrons. The lowest BCUT2D eigenvalue weighted by molar-refractivity contribution is -0.189. The maximum atomic E-state index is 13.5. The number of benzene rings is 1. The Kier molecular flexibility index (Phi) is 4.19. The van der Waals surface area contributed by atoms with Gasteiger partial charge in [-0.05, 0) is 37.4 Å². The number of carbonyl (C=O) groups excluding carboxylic acids is 3. The minimum absolute atomic E-state index is 0.111. The van der Waals surface area contributed by atoms with Crippen molar-refractivity contribution < 1.29 is 48.3 Å². The van der Waals surface area contributed by atoms with Gasteiger partial charge in [-0.3, -0.25) is 9.69 Å². The first-order valence-corrected chi connectivity index (χ1v) is 12.0. The van der Waals surface area contributed by atoms with Gasteiger partial charge in [0.25, 0.3) is 5.72 Å². The van der Waals surface area contributed by atoms with Crippen molar-refractivity contribution in [2.24, 2.45) is 11.3 Å². The van der Waals surface area contributed by atoms with Gasteiger partial charge < -0.3 is 33.9 Å². The van der Waals surface area contributed by atoms with Gasteiger partial charge in [-0.25, -0.2) is 14.5 Å². The fourth-order valence-corrected chi connectivity index (χ4v) is 8.32. The molecule has 4 fully saturated rings. The molecule has 7 atom stereocenters. The SMILES string of the molecule is COC(=O)N1c2c(ccc3c2OCO3)[C@@]23CCN4C[C@H]5OC(=O)[C@](CC[C@H]2[C@]1(O)C(=O)OC)([C@@H]5O)[C@H]43. The number of ether oxygens (including phenoxy) is 5. The summed E-state index contributed by atoms with van der Waals surface area (Å²) in [5.74, 6) is -1.84. The van der Waals surface area contributed by atoms with Gasteiger partial charge in [0, 0.05) is 23.9 Å². The first-order chi connectivity index (χ1) is 17.3. The molecule has 5 aliphatic heterocycles. The predicted molar refractivity (Wildman–Crippen MR) is 117 cm³/mol. The molecule has 1 aromatic carbocycles. The molecule has 1 aromatic rings. The number of hydrogen-bond donors (Lipinski definition) is 2. The Bertz CT molecular complexity index is 1220. The summed E-state index contributed by atoms with van der Waals surface area (Å²) in [6.45, 7) is 0.775. The van der Waals surface area contributed by atoms with Crippen molar-refractivity contribution in [3.63, 3.8) is 0 Å². The highest BCUT2D eigenvalue weighted by atomic mass is 16.7. The van der Waals surface area contributed by atoms with Gasteiger partial charge in [0.1, 0.15) is 23.3 Å². The number of carbonyl (C=O) groups is 3. The number of nitrogens with zero attached hydrogens (tertiary/aromatic N) is 2. The van der Waals surface area contributed by atoms with Gasteiger partial charge in [0.15, 0.2) is 11.5 Å². The lowest BCUT2D eigenvalue weighted by Gasteiger charge is -2.63. The van der Waals surface area contributed by atoms with Gasteiger partial charge in [0.05, 0.1) is 14.2 Å². The van der Waals surface area contributed by atoms with E-state index in [1.807, 2.05) is 0 Å². The average Bonchev–Trinajstić information content (AvgIpc) is 3.54. The van der Waals surface area contributed by atoms with Gasteiger partial charge in [-0.15, -0.1) is 0 Å². The van der Waals surface area contributed by atoms with Crippen molar-refractivity contribution in [3.8, 4) is 11.5 Å². The molecule has 0 radical (unpaired) electrons. The molecule has 12 heteroatoms. The summed E-state index contributed by atoms with van der Waals surface area (Å²) < 4.78 is 27.1. The maximum absolute atomic E-state index is 13.5. The molecule has 5 heterocycles. The van der Waals surface area contributed by atoms with E-state index in [2.05, 4.69) is 4.90 Å². The number of esters is 2. The molecule has 2 N–H and O–H groups in total. The summed E-state index contributed by atoms with van der Waals surface area (Å²) in [7, 11) is 2.30. The first kappa shape index (κ1) is 22.1. The molecule has 7 rings (SSSR count). The summed E-state index contributed by atoms with van der Waals surface area (Å²) in [4.78, 5) is 43.1. The molecule has 1 saturated carbocycles. The third kappa shape index (κ3) is 2.13. The second-order valence-corrected chi connectivity index (χ2v) is 10.4. The largest absolute Gasteiger partial charge is 0.465 e. The summed E-state index contributed by atoms with van der Waals surface area (Å²) in [5.41, 5.74) is -3.96. The van der Waals surface area contributed by atoms with E-state index in [0.717, 1.165) is 19.1 Å². The quantitative estimate of drug-likeness (QED) is 0.391. The zero-order valence-electron chi connectivity index (χ0n) is 19.8. The van der Waals surface area contributed by atoms with Crippen LogP contribution in [0.4, 0.5) is 10.5 Å². The van der Waals surface area contributed by atoms with Crippen LogP contribution >= 0.6 is 0 Å². The van der Waals surface area contributed by atoms with Gasteiger partial charge in [0.2, 0.25) is 6.79 Å². The fraction of sp³-hybridized carbons (Fsp3) is 0.625. The van der Waals surface area contributed by atoms with E-state index in [1.54, 1.807) is 12.1 Å². The number of aliphatic hydroxyl groups excluding tert-OH is 1. The number of rotatable bonds is 1. The number of aliphatic hydroxyl groups is 2. The number of piperidine rings is 1. The van der Waals surface area contributed by atoms with Crippen LogP contribution in [0.3, 0.4) is 0 Å². The van der Waals surface area contributed by atoms with Gasteiger partial charge in [-0.2, -0.15) is 0 Å². The van der Waals surface area contributed by atoms with Crippen LogP contribution in [0.15, 0.2) is 12.1 Å². The summed E-state index contributed by atoms with van der Waals surface area (Å²) in [5, 5.41) is 23.7. The smallest absolute Gasteiger partial charge is 0.417 e. The highest BCUT2D eigenvalue weighted by Gasteiger charge is 2.80. The van der Waals surface area contributed by atoms with E-state index < -0.39 is 58.8 Å². The van der Waals surface area contributed by atoms with Crippen molar-refractivity contribution in [1.82, 2.24) is 4.90 Å². The minimum atomic E-state index is -2.47. The fourth-order valence-electron chi connectivity index (χ4n) is 8.32. The van der Waals surface area contributed by atoms with E-state index in [9.17, 15) is 24.6 Å². The zero-order chi connectivity index (χ0) is 25.2. The van der Waals surface area contributed by atoms with Crippen molar-refractivity contribution >= 4 is 23.7 Å².